The largest absolute Gasteiger partial charge is 0.398 e. The zero-order valence-electron chi connectivity index (χ0n) is 12.7. The Morgan fingerprint density at radius 1 is 1.20 bits per heavy atom. The second-order valence-corrected chi connectivity index (χ2v) is 5.88. The fourth-order valence-electron chi connectivity index (χ4n) is 2.36. The predicted octanol–water partition coefficient (Wildman–Crippen LogP) is 2.82. The molecule has 0 fully saturated rings. The molecule has 1 atom stereocenters. The SMILES string of the molecule is CC(C)C(CN(C)C)Nc1ccc(N)c2ccncc12. The third-order valence-electron chi connectivity index (χ3n) is 3.56. The molecule has 0 amide bonds. The predicted molar refractivity (Wildman–Crippen MR) is 87.0 cm³/mol. The average molecular weight is 272 g/mol. The molecule has 0 aliphatic rings. The van der Waals surface area contributed by atoms with E-state index in [4.69, 9.17) is 5.73 Å². The van der Waals surface area contributed by atoms with Gasteiger partial charge >= 0.3 is 0 Å². The van der Waals surface area contributed by atoms with Crippen molar-refractivity contribution in [2.24, 2.45) is 5.92 Å². The molecule has 2 aromatic rings. The molecule has 0 aliphatic carbocycles. The van der Waals surface area contributed by atoms with Crippen molar-refractivity contribution >= 4 is 22.1 Å². The number of anilines is 2. The molecule has 1 unspecified atom stereocenters. The van der Waals surface area contributed by atoms with Crippen LogP contribution in [0, 0.1) is 5.92 Å². The summed E-state index contributed by atoms with van der Waals surface area (Å²) in [6.07, 6.45) is 3.66. The Bertz CT molecular complexity index is 578. The minimum absolute atomic E-state index is 0.386. The summed E-state index contributed by atoms with van der Waals surface area (Å²) in [4.78, 5) is 6.43. The van der Waals surface area contributed by atoms with Gasteiger partial charge in [0.25, 0.3) is 0 Å². The van der Waals surface area contributed by atoms with Gasteiger partial charge in [-0.3, -0.25) is 4.98 Å². The molecule has 4 heteroatoms. The van der Waals surface area contributed by atoms with Gasteiger partial charge in [0.2, 0.25) is 0 Å². The molecule has 0 saturated heterocycles. The number of hydrogen-bond donors (Lipinski definition) is 2. The van der Waals surface area contributed by atoms with Crippen LogP contribution in [0.2, 0.25) is 0 Å². The zero-order chi connectivity index (χ0) is 14.7. The van der Waals surface area contributed by atoms with Crippen molar-refractivity contribution in [1.82, 2.24) is 9.88 Å². The van der Waals surface area contributed by atoms with Crippen LogP contribution in [-0.4, -0.2) is 36.6 Å². The first-order valence-corrected chi connectivity index (χ1v) is 7.02. The number of fused-ring (bicyclic) bond motifs is 1. The van der Waals surface area contributed by atoms with E-state index in [9.17, 15) is 0 Å². The normalized spacial score (nSPS) is 13.1. The molecular formula is C16H24N4. The minimum Gasteiger partial charge on any atom is -0.398 e. The number of hydrogen-bond acceptors (Lipinski definition) is 4. The van der Waals surface area contributed by atoms with Crippen molar-refractivity contribution in [1.29, 1.82) is 0 Å². The van der Waals surface area contributed by atoms with Crippen molar-refractivity contribution in [3.8, 4) is 0 Å². The highest BCUT2D eigenvalue weighted by Crippen LogP contribution is 2.28. The number of nitrogen functional groups attached to an aromatic ring is 1. The zero-order valence-corrected chi connectivity index (χ0v) is 12.7. The summed E-state index contributed by atoms with van der Waals surface area (Å²) in [6.45, 7) is 5.46. The Labute approximate surface area is 121 Å². The van der Waals surface area contributed by atoms with Gasteiger partial charge in [-0.1, -0.05) is 13.8 Å². The summed E-state index contributed by atoms with van der Waals surface area (Å²) in [5.74, 6) is 0.543. The Hall–Kier alpha value is -1.81. The molecular weight excluding hydrogens is 248 g/mol. The lowest BCUT2D eigenvalue weighted by Crippen LogP contribution is -2.36. The molecule has 1 heterocycles. The third kappa shape index (κ3) is 3.20. The molecule has 1 aromatic carbocycles. The number of aromatic nitrogens is 1. The van der Waals surface area contributed by atoms with Crippen LogP contribution in [0.3, 0.4) is 0 Å². The van der Waals surface area contributed by atoms with E-state index >= 15 is 0 Å². The first-order valence-electron chi connectivity index (χ1n) is 7.02. The van der Waals surface area contributed by atoms with Crippen LogP contribution in [0.25, 0.3) is 10.8 Å². The van der Waals surface area contributed by atoms with Crippen LogP contribution in [0.4, 0.5) is 11.4 Å². The van der Waals surface area contributed by atoms with Crippen LogP contribution in [0.1, 0.15) is 13.8 Å². The number of nitrogens with two attached hydrogens (primary N) is 1. The Kier molecular flexibility index (Phi) is 4.45. The summed E-state index contributed by atoms with van der Waals surface area (Å²) >= 11 is 0. The maximum Gasteiger partial charge on any atom is 0.0439 e. The van der Waals surface area contributed by atoms with Gasteiger partial charge in [-0.05, 0) is 38.2 Å². The standard InChI is InChI=1S/C16H24N4/c1-11(2)16(10-20(3)4)19-15-6-5-14(17)12-7-8-18-9-13(12)15/h5-9,11,16,19H,10,17H2,1-4H3. The number of nitrogens with zero attached hydrogens (tertiary/aromatic N) is 2. The molecule has 108 valence electrons. The number of pyridine rings is 1. The van der Waals surface area contributed by atoms with E-state index in [2.05, 4.69) is 43.1 Å². The van der Waals surface area contributed by atoms with E-state index < -0.39 is 0 Å². The monoisotopic (exact) mass is 272 g/mol. The maximum absolute atomic E-state index is 6.03. The molecule has 0 radical (unpaired) electrons. The Morgan fingerprint density at radius 2 is 1.95 bits per heavy atom. The van der Waals surface area contributed by atoms with E-state index in [1.165, 1.54) is 0 Å². The highest BCUT2D eigenvalue weighted by atomic mass is 15.1. The molecule has 0 bridgehead atoms. The lowest BCUT2D eigenvalue weighted by Gasteiger charge is -2.27. The van der Waals surface area contributed by atoms with Crippen molar-refractivity contribution in [3.63, 3.8) is 0 Å². The molecule has 1 aromatic heterocycles. The molecule has 2 rings (SSSR count). The number of benzene rings is 1. The van der Waals surface area contributed by atoms with E-state index in [1.807, 2.05) is 24.4 Å². The first-order chi connectivity index (χ1) is 9.49. The summed E-state index contributed by atoms with van der Waals surface area (Å²) in [5.41, 5.74) is 7.93. The van der Waals surface area contributed by atoms with Crippen molar-refractivity contribution in [2.75, 3.05) is 31.7 Å². The average Bonchev–Trinajstić information content (AvgIpc) is 2.40. The van der Waals surface area contributed by atoms with Gasteiger partial charge in [0.1, 0.15) is 0 Å². The van der Waals surface area contributed by atoms with Crippen LogP contribution >= 0.6 is 0 Å². The molecule has 0 saturated carbocycles. The molecule has 0 aliphatic heterocycles. The molecule has 0 spiro atoms. The smallest absolute Gasteiger partial charge is 0.0439 e. The molecule has 20 heavy (non-hydrogen) atoms. The second kappa shape index (κ2) is 6.09. The highest BCUT2D eigenvalue weighted by molar-refractivity contribution is 6.00. The second-order valence-electron chi connectivity index (χ2n) is 5.88. The number of rotatable bonds is 5. The summed E-state index contributed by atoms with van der Waals surface area (Å²) < 4.78 is 0. The van der Waals surface area contributed by atoms with Crippen LogP contribution in [0.5, 0.6) is 0 Å². The van der Waals surface area contributed by atoms with Gasteiger partial charge < -0.3 is 16.0 Å². The fourth-order valence-corrected chi connectivity index (χ4v) is 2.36. The van der Waals surface area contributed by atoms with Crippen LogP contribution < -0.4 is 11.1 Å². The molecule has 4 nitrogen and oxygen atoms in total. The number of likely N-dealkylation sites (N-methyl/N-ethyl adjacent to an activating group) is 1. The molecule has 3 N–H and O–H groups in total. The minimum atomic E-state index is 0.386. The van der Waals surface area contributed by atoms with Crippen molar-refractivity contribution in [3.05, 3.63) is 30.6 Å². The van der Waals surface area contributed by atoms with Crippen LogP contribution in [-0.2, 0) is 0 Å². The van der Waals surface area contributed by atoms with Crippen molar-refractivity contribution in [2.45, 2.75) is 19.9 Å². The first kappa shape index (κ1) is 14.6. The summed E-state index contributed by atoms with van der Waals surface area (Å²) in [6, 6.07) is 6.35. The van der Waals surface area contributed by atoms with Gasteiger partial charge in [0, 0.05) is 47.1 Å². The Morgan fingerprint density at radius 3 is 2.60 bits per heavy atom. The van der Waals surface area contributed by atoms with Crippen LogP contribution in [0.15, 0.2) is 30.6 Å². The van der Waals surface area contributed by atoms with Crippen molar-refractivity contribution < 1.29 is 0 Å². The van der Waals surface area contributed by atoms with Gasteiger partial charge in [0.15, 0.2) is 0 Å². The van der Waals surface area contributed by atoms with E-state index in [1.54, 1.807) is 6.20 Å². The third-order valence-corrected chi connectivity index (χ3v) is 3.56. The fraction of sp³-hybridized carbons (Fsp3) is 0.438. The maximum atomic E-state index is 6.03. The van der Waals surface area contributed by atoms with Gasteiger partial charge in [-0.2, -0.15) is 0 Å². The van der Waals surface area contributed by atoms with Gasteiger partial charge in [-0.15, -0.1) is 0 Å². The summed E-state index contributed by atoms with van der Waals surface area (Å²) in [5, 5.41) is 5.78. The number of nitrogens with one attached hydrogen (secondary N) is 1. The summed E-state index contributed by atoms with van der Waals surface area (Å²) in [7, 11) is 4.19. The lowest BCUT2D eigenvalue weighted by molar-refractivity contribution is 0.345. The Balaban J connectivity index is 2.35. The van der Waals surface area contributed by atoms with E-state index in [0.717, 1.165) is 28.7 Å². The topological polar surface area (TPSA) is 54.2 Å². The van der Waals surface area contributed by atoms with Gasteiger partial charge in [-0.25, -0.2) is 0 Å². The lowest BCUT2D eigenvalue weighted by atomic mass is 10.0. The quantitative estimate of drug-likeness (QED) is 0.822. The van der Waals surface area contributed by atoms with E-state index in [0.29, 0.717) is 12.0 Å². The van der Waals surface area contributed by atoms with E-state index in [-0.39, 0.29) is 0 Å². The van der Waals surface area contributed by atoms with Gasteiger partial charge in [0.05, 0.1) is 0 Å². The highest BCUT2D eigenvalue weighted by Gasteiger charge is 2.15.